The van der Waals surface area contributed by atoms with Crippen molar-refractivity contribution >= 4 is 58.6 Å². The van der Waals surface area contributed by atoms with Gasteiger partial charge in [0.15, 0.2) is 5.65 Å². The summed E-state index contributed by atoms with van der Waals surface area (Å²) in [6, 6.07) is 11.3. The highest BCUT2D eigenvalue weighted by Crippen LogP contribution is 2.21. The Balaban J connectivity index is 1.15. The average molecular weight is 979 g/mol. The first-order valence-corrected chi connectivity index (χ1v) is 22.9. The van der Waals surface area contributed by atoms with Gasteiger partial charge in [0.05, 0.1) is 52.6 Å². The number of imidazole rings is 1. The summed E-state index contributed by atoms with van der Waals surface area (Å²) in [7, 11) is 1.61. The van der Waals surface area contributed by atoms with Gasteiger partial charge in [-0.25, -0.2) is 14.6 Å². The van der Waals surface area contributed by atoms with Gasteiger partial charge >= 0.3 is 12.1 Å². The van der Waals surface area contributed by atoms with Crippen molar-refractivity contribution in [3.05, 3.63) is 71.5 Å². The molecule has 2 heterocycles. The van der Waals surface area contributed by atoms with E-state index in [4.69, 9.17) is 39.9 Å². The summed E-state index contributed by atoms with van der Waals surface area (Å²) in [6.45, 7) is 7.32. The number of nitrogens with two attached hydrogens (primary N) is 2. The van der Waals surface area contributed by atoms with Crippen molar-refractivity contribution in [3.8, 4) is 5.88 Å². The number of aromatic nitrogens is 4. The number of H-pyrrole nitrogens is 1. The van der Waals surface area contributed by atoms with Crippen molar-refractivity contribution in [2.24, 2.45) is 11.7 Å². The number of nitrogens with one attached hydrogen (secondary N) is 7. The number of benzene rings is 2. The van der Waals surface area contributed by atoms with Gasteiger partial charge in [-0.15, -0.1) is 0 Å². The summed E-state index contributed by atoms with van der Waals surface area (Å²) in [6.07, 6.45) is 1.57. The highest BCUT2D eigenvalue weighted by molar-refractivity contribution is 5.98. The molecule has 0 radical (unpaired) electrons. The van der Waals surface area contributed by atoms with Gasteiger partial charge in [0.25, 0.3) is 0 Å². The number of methoxy groups -OCH3 is 1. The molecule has 4 aromatic rings. The van der Waals surface area contributed by atoms with Gasteiger partial charge < -0.3 is 76.8 Å². The van der Waals surface area contributed by atoms with Crippen LogP contribution in [0, 0.1) is 5.92 Å². The number of hydrogen-bond acceptors (Lipinski definition) is 16. The summed E-state index contributed by atoms with van der Waals surface area (Å²) in [5.41, 5.74) is 14.7. The standard InChI is InChI=1S/C46H66N12O12/c1-30(2)38(56-37(60)8-4-7-36(59)51-26-31-9-11-32(12-10-31)27-69-43-39-40(53-29-52-39)57-44(47)58-43)42(62)55-35(6-5-17-49-45(48)63)41(61)54-34-15-13-33(14-16-34)28-70-46(64)50-18-19-66-22-23-68-25-24-67-21-20-65-3/h9-16,29-30,35,38H,4-8,17-28H2,1-3H3,(H,50,64)(H,51,59)(H,54,61)(H,55,62)(H,56,60)(H3,48,49,63)(H3,47,52,53,57,58)/t35-,38-/m0/s1. The molecule has 11 N–H and O–H groups in total. The molecule has 24 heteroatoms. The number of nitrogens with zero attached hydrogens (tertiary/aromatic N) is 3. The second kappa shape index (κ2) is 31.1. The maximum Gasteiger partial charge on any atom is 0.407 e. The van der Waals surface area contributed by atoms with Crippen LogP contribution in [0.1, 0.15) is 62.6 Å². The van der Waals surface area contributed by atoms with Crippen molar-refractivity contribution < 1.29 is 57.2 Å². The van der Waals surface area contributed by atoms with Crippen LogP contribution in [-0.2, 0) is 62.6 Å². The molecule has 0 unspecified atom stereocenters. The van der Waals surface area contributed by atoms with E-state index < -0.39 is 41.9 Å². The number of rotatable bonds is 33. The molecule has 2 aromatic heterocycles. The van der Waals surface area contributed by atoms with E-state index in [1.54, 1.807) is 45.2 Å². The van der Waals surface area contributed by atoms with Crippen molar-refractivity contribution in [1.29, 1.82) is 0 Å². The van der Waals surface area contributed by atoms with Crippen LogP contribution in [0.3, 0.4) is 0 Å². The second-order valence-electron chi connectivity index (χ2n) is 16.0. The van der Waals surface area contributed by atoms with Crippen molar-refractivity contribution in [2.75, 3.05) is 77.5 Å². The zero-order valence-corrected chi connectivity index (χ0v) is 39.8. The van der Waals surface area contributed by atoms with Crippen LogP contribution in [-0.4, -0.2) is 134 Å². The molecule has 7 amide bonds. The molecule has 2 aromatic carbocycles. The Morgan fingerprint density at radius 1 is 0.700 bits per heavy atom. The molecule has 4 rings (SSSR count). The largest absolute Gasteiger partial charge is 0.471 e. The maximum absolute atomic E-state index is 13.6. The van der Waals surface area contributed by atoms with Crippen molar-refractivity contribution in [1.82, 2.24) is 46.5 Å². The lowest BCUT2D eigenvalue weighted by Gasteiger charge is -2.25. The van der Waals surface area contributed by atoms with Gasteiger partial charge in [-0.2, -0.15) is 9.97 Å². The van der Waals surface area contributed by atoms with Gasteiger partial charge in [0.2, 0.25) is 35.5 Å². The fraction of sp³-hybridized carbons (Fsp3) is 0.500. The average Bonchev–Trinajstić information content (AvgIpc) is 3.81. The number of aromatic amines is 1. The number of carbonyl (C=O) groups excluding carboxylic acids is 6. The quantitative estimate of drug-likeness (QED) is 0.0308. The lowest BCUT2D eigenvalue weighted by atomic mass is 10.0. The van der Waals surface area contributed by atoms with Crippen LogP contribution in [0.5, 0.6) is 5.88 Å². The van der Waals surface area contributed by atoms with Gasteiger partial charge in [0, 0.05) is 45.3 Å². The summed E-state index contributed by atoms with van der Waals surface area (Å²) in [4.78, 5) is 91.4. The molecule has 70 heavy (non-hydrogen) atoms. The van der Waals surface area contributed by atoms with E-state index in [2.05, 4.69) is 51.8 Å². The van der Waals surface area contributed by atoms with E-state index in [0.717, 1.165) is 11.1 Å². The van der Waals surface area contributed by atoms with Crippen LogP contribution < -0.4 is 48.1 Å². The highest BCUT2D eigenvalue weighted by atomic mass is 16.6. The summed E-state index contributed by atoms with van der Waals surface area (Å²) in [5, 5.41) is 16.2. The first kappa shape index (κ1) is 55.4. The van der Waals surface area contributed by atoms with E-state index in [1.807, 2.05) is 24.3 Å². The number of fused-ring (bicyclic) bond motifs is 1. The molecule has 382 valence electrons. The number of ether oxygens (including phenoxy) is 6. The van der Waals surface area contributed by atoms with Gasteiger partial charge in [0.1, 0.15) is 30.8 Å². The molecule has 0 aliphatic carbocycles. The van der Waals surface area contributed by atoms with E-state index >= 15 is 0 Å². The van der Waals surface area contributed by atoms with Crippen LogP contribution in [0.2, 0.25) is 0 Å². The number of alkyl carbamates (subject to hydrolysis) is 1. The summed E-state index contributed by atoms with van der Waals surface area (Å²) in [5.74, 6) is -1.84. The zero-order valence-electron chi connectivity index (χ0n) is 39.8. The first-order chi connectivity index (χ1) is 33.8. The predicted molar refractivity (Wildman–Crippen MR) is 256 cm³/mol. The number of amides is 7. The fourth-order valence-corrected chi connectivity index (χ4v) is 6.38. The molecule has 0 spiro atoms. The van der Waals surface area contributed by atoms with Gasteiger partial charge in [-0.3, -0.25) is 19.2 Å². The Kier molecular flexibility index (Phi) is 24.6. The molecule has 24 nitrogen and oxygen atoms in total. The Bertz CT molecular complexity index is 2250. The number of carbonyl (C=O) groups is 6. The lowest BCUT2D eigenvalue weighted by molar-refractivity contribution is -0.132. The van der Waals surface area contributed by atoms with E-state index in [-0.39, 0.29) is 88.8 Å². The highest BCUT2D eigenvalue weighted by Gasteiger charge is 2.29. The Morgan fingerprint density at radius 2 is 1.34 bits per heavy atom. The number of primary amides is 1. The maximum atomic E-state index is 13.6. The number of anilines is 2. The molecule has 2 atom stereocenters. The number of hydrogen-bond donors (Lipinski definition) is 9. The van der Waals surface area contributed by atoms with Crippen LogP contribution in [0.15, 0.2) is 54.9 Å². The minimum absolute atomic E-state index is 0.0188. The summed E-state index contributed by atoms with van der Waals surface area (Å²) >= 11 is 0. The number of nitrogen functional groups attached to an aromatic ring is 1. The molecular formula is C46H66N12O12. The smallest absolute Gasteiger partial charge is 0.407 e. The van der Waals surface area contributed by atoms with Crippen molar-refractivity contribution in [3.63, 3.8) is 0 Å². The molecule has 0 bridgehead atoms. The molecular weight excluding hydrogens is 913 g/mol. The van der Waals surface area contributed by atoms with Crippen molar-refractivity contribution in [2.45, 2.75) is 77.8 Å². The minimum atomic E-state index is -1.06. The predicted octanol–water partition coefficient (Wildman–Crippen LogP) is 1.94. The second-order valence-corrected chi connectivity index (χ2v) is 16.0. The third kappa shape index (κ3) is 21.4. The molecule has 0 saturated carbocycles. The Hall–Kier alpha value is -7.15. The van der Waals surface area contributed by atoms with Crippen LogP contribution >= 0.6 is 0 Å². The van der Waals surface area contributed by atoms with Gasteiger partial charge in [-0.1, -0.05) is 50.2 Å². The normalized spacial score (nSPS) is 11.9. The molecule has 0 saturated heterocycles. The molecule has 0 aliphatic rings. The topological polar surface area (TPSA) is 336 Å². The molecule has 0 aliphatic heterocycles. The van der Waals surface area contributed by atoms with E-state index in [0.29, 0.717) is 68.5 Å². The SMILES string of the molecule is COCCOCCOCCOCCNC(=O)OCc1ccc(NC(=O)[C@H](CCCNC(N)=O)NC(=O)[C@@H](NC(=O)CCCC(=O)NCc2ccc(COc3nc(N)nc4nc[nH]c34)cc2)C(C)C)cc1. The first-order valence-electron chi connectivity index (χ1n) is 22.9. The van der Waals surface area contributed by atoms with Crippen LogP contribution in [0.25, 0.3) is 11.2 Å². The Morgan fingerprint density at radius 3 is 2.03 bits per heavy atom. The molecule has 0 fully saturated rings. The van der Waals surface area contributed by atoms with E-state index in [1.165, 1.54) is 6.33 Å². The van der Waals surface area contributed by atoms with E-state index in [9.17, 15) is 28.8 Å². The van der Waals surface area contributed by atoms with Gasteiger partial charge in [-0.05, 0) is 54.0 Å². The van der Waals surface area contributed by atoms with Crippen LogP contribution in [0.4, 0.5) is 21.2 Å². The Labute approximate surface area is 405 Å². The lowest BCUT2D eigenvalue weighted by Crippen LogP contribution is -2.54. The summed E-state index contributed by atoms with van der Waals surface area (Å²) < 4.78 is 32.1. The number of urea groups is 1. The minimum Gasteiger partial charge on any atom is -0.471 e. The fourth-order valence-electron chi connectivity index (χ4n) is 6.38. The third-order valence-electron chi connectivity index (χ3n) is 10.1. The zero-order chi connectivity index (χ0) is 50.5. The third-order valence-corrected chi connectivity index (χ3v) is 10.1. The monoisotopic (exact) mass is 978 g/mol.